The van der Waals surface area contributed by atoms with Crippen molar-refractivity contribution < 1.29 is 4.79 Å². The van der Waals surface area contributed by atoms with E-state index in [2.05, 4.69) is 5.32 Å². The molecule has 98 valence electrons. The van der Waals surface area contributed by atoms with Gasteiger partial charge in [-0.05, 0) is 50.1 Å². The molecule has 19 heavy (non-hydrogen) atoms. The first-order chi connectivity index (χ1) is 9.06. The lowest BCUT2D eigenvalue weighted by Crippen LogP contribution is -2.14. The van der Waals surface area contributed by atoms with Crippen LogP contribution in [0.25, 0.3) is 0 Å². The Labute approximate surface area is 114 Å². The van der Waals surface area contributed by atoms with Gasteiger partial charge in [-0.25, -0.2) is 0 Å². The maximum atomic E-state index is 12.1. The number of carbonyl (C=O) groups excluding carboxylic acids is 1. The zero-order chi connectivity index (χ0) is 13.8. The van der Waals surface area contributed by atoms with Gasteiger partial charge in [-0.2, -0.15) is 0 Å². The molecule has 0 saturated heterocycles. The first-order valence-corrected chi connectivity index (χ1v) is 6.47. The van der Waals surface area contributed by atoms with Crippen LogP contribution in [0.15, 0.2) is 42.5 Å². The fraction of sp³-hybridized carbons (Fsp3) is 0.235. The zero-order valence-corrected chi connectivity index (χ0v) is 11.7. The molecule has 0 aromatic heterocycles. The standard InChI is InChI=1S/C17H19NO/c1-12-4-8-16(9-5-12)18-11-17(19)15-7-6-13(2)14(3)10-15/h4-10,18H,11H2,1-3H3. The summed E-state index contributed by atoms with van der Waals surface area (Å²) in [6.45, 7) is 6.45. The molecule has 0 aliphatic rings. The SMILES string of the molecule is Cc1ccc(NCC(=O)c2ccc(C)c(C)c2)cc1. The average Bonchev–Trinajstić information content (AvgIpc) is 2.41. The van der Waals surface area contributed by atoms with Crippen LogP contribution < -0.4 is 5.32 Å². The van der Waals surface area contributed by atoms with Crippen LogP contribution in [0.3, 0.4) is 0 Å². The highest BCUT2D eigenvalue weighted by atomic mass is 16.1. The minimum Gasteiger partial charge on any atom is -0.378 e. The molecule has 2 aromatic rings. The molecular weight excluding hydrogens is 234 g/mol. The van der Waals surface area contributed by atoms with Crippen LogP contribution in [-0.4, -0.2) is 12.3 Å². The highest BCUT2D eigenvalue weighted by Gasteiger charge is 2.06. The number of ketones is 1. The topological polar surface area (TPSA) is 29.1 Å². The summed E-state index contributed by atoms with van der Waals surface area (Å²) in [7, 11) is 0. The number of carbonyl (C=O) groups is 1. The maximum absolute atomic E-state index is 12.1. The first-order valence-electron chi connectivity index (χ1n) is 6.47. The molecule has 0 saturated carbocycles. The fourth-order valence-electron chi connectivity index (χ4n) is 1.87. The van der Waals surface area contributed by atoms with E-state index in [9.17, 15) is 4.79 Å². The summed E-state index contributed by atoms with van der Waals surface area (Å²) in [5, 5.41) is 3.15. The molecule has 0 amide bonds. The van der Waals surface area contributed by atoms with Crippen LogP contribution in [0.2, 0.25) is 0 Å². The Balaban J connectivity index is 2.01. The van der Waals surface area contributed by atoms with Crippen LogP contribution in [0, 0.1) is 20.8 Å². The van der Waals surface area contributed by atoms with Gasteiger partial charge in [-0.3, -0.25) is 4.79 Å². The van der Waals surface area contributed by atoms with Gasteiger partial charge in [0.05, 0.1) is 6.54 Å². The van der Waals surface area contributed by atoms with Gasteiger partial charge < -0.3 is 5.32 Å². The Morgan fingerprint density at radius 1 is 0.947 bits per heavy atom. The van der Waals surface area contributed by atoms with Crippen LogP contribution in [0.4, 0.5) is 5.69 Å². The van der Waals surface area contributed by atoms with Gasteiger partial charge in [0.15, 0.2) is 5.78 Å². The summed E-state index contributed by atoms with van der Waals surface area (Å²) in [6, 6.07) is 13.9. The van der Waals surface area contributed by atoms with Crippen molar-refractivity contribution in [2.45, 2.75) is 20.8 Å². The van der Waals surface area contributed by atoms with Crippen LogP contribution in [0.1, 0.15) is 27.0 Å². The Kier molecular flexibility index (Phi) is 4.00. The van der Waals surface area contributed by atoms with Crippen molar-refractivity contribution in [3.63, 3.8) is 0 Å². The molecular formula is C17H19NO. The van der Waals surface area contributed by atoms with E-state index in [0.717, 1.165) is 16.8 Å². The van der Waals surface area contributed by atoms with Crippen molar-refractivity contribution >= 4 is 11.5 Å². The monoisotopic (exact) mass is 253 g/mol. The third-order valence-electron chi connectivity index (χ3n) is 3.33. The Bertz CT molecular complexity index is 585. The highest BCUT2D eigenvalue weighted by Crippen LogP contribution is 2.12. The molecule has 2 aromatic carbocycles. The first kappa shape index (κ1) is 13.3. The molecule has 0 atom stereocenters. The molecule has 0 unspecified atom stereocenters. The molecule has 2 rings (SSSR count). The predicted octanol–water partition coefficient (Wildman–Crippen LogP) is 3.91. The lowest BCUT2D eigenvalue weighted by atomic mass is 10.0. The van der Waals surface area contributed by atoms with E-state index in [1.54, 1.807) is 0 Å². The Morgan fingerprint density at radius 2 is 1.63 bits per heavy atom. The summed E-state index contributed by atoms with van der Waals surface area (Å²) >= 11 is 0. The molecule has 0 aliphatic heterocycles. The number of aryl methyl sites for hydroxylation is 3. The molecule has 0 aliphatic carbocycles. The van der Waals surface area contributed by atoms with Gasteiger partial charge >= 0.3 is 0 Å². The van der Waals surface area contributed by atoms with E-state index in [1.165, 1.54) is 11.1 Å². The number of anilines is 1. The number of nitrogens with one attached hydrogen (secondary N) is 1. The molecule has 0 spiro atoms. The molecule has 2 heteroatoms. The Morgan fingerprint density at radius 3 is 2.26 bits per heavy atom. The Hall–Kier alpha value is -2.09. The van der Waals surface area contributed by atoms with Crippen LogP contribution in [-0.2, 0) is 0 Å². The summed E-state index contributed by atoms with van der Waals surface area (Å²) in [5.41, 5.74) is 5.32. The summed E-state index contributed by atoms with van der Waals surface area (Å²) in [5.74, 6) is 0.115. The van der Waals surface area contributed by atoms with Gasteiger partial charge in [-0.1, -0.05) is 29.8 Å². The summed E-state index contributed by atoms with van der Waals surface area (Å²) in [4.78, 5) is 12.1. The number of hydrogen-bond acceptors (Lipinski definition) is 2. The van der Waals surface area contributed by atoms with E-state index in [-0.39, 0.29) is 5.78 Å². The number of hydrogen-bond donors (Lipinski definition) is 1. The largest absolute Gasteiger partial charge is 0.378 e. The molecule has 0 heterocycles. The van der Waals surface area contributed by atoms with E-state index in [0.29, 0.717) is 6.54 Å². The van der Waals surface area contributed by atoms with E-state index >= 15 is 0 Å². The second-order valence-corrected chi connectivity index (χ2v) is 4.94. The molecule has 0 radical (unpaired) electrons. The van der Waals surface area contributed by atoms with Gasteiger partial charge in [-0.15, -0.1) is 0 Å². The second kappa shape index (κ2) is 5.70. The van der Waals surface area contributed by atoms with Crippen molar-refractivity contribution in [3.05, 3.63) is 64.7 Å². The second-order valence-electron chi connectivity index (χ2n) is 4.94. The third kappa shape index (κ3) is 3.44. The number of benzene rings is 2. The lowest BCUT2D eigenvalue weighted by Gasteiger charge is -2.07. The van der Waals surface area contributed by atoms with Crippen molar-refractivity contribution in [2.75, 3.05) is 11.9 Å². The quantitative estimate of drug-likeness (QED) is 0.837. The van der Waals surface area contributed by atoms with Crippen molar-refractivity contribution in [1.82, 2.24) is 0 Å². The van der Waals surface area contributed by atoms with Crippen LogP contribution >= 0.6 is 0 Å². The van der Waals surface area contributed by atoms with E-state index in [4.69, 9.17) is 0 Å². The van der Waals surface area contributed by atoms with Gasteiger partial charge in [0.2, 0.25) is 0 Å². The predicted molar refractivity (Wildman–Crippen MR) is 79.9 cm³/mol. The summed E-state index contributed by atoms with van der Waals surface area (Å²) < 4.78 is 0. The molecule has 0 fully saturated rings. The smallest absolute Gasteiger partial charge is 0.181 e. The highest BCUT2D eigenvalue weighted by molar-refractivity contribution is 5.99. The van der Waals surface area contributed by atoms with Gasteiger partial charge in [0.25, 0.3) is 0 Å². The number of rotatable bonds is 4. The zero-order valence-electron chi connectivity index (χ0n) is 11.7. The fourth-order valence-corrected chi connectivity index (χ4v) is 1.87. The molecule has 2 nitrogen and oxygen atoms in total. The third-order valence-corrected chi connectivity index (χ3v) is 3.33. The average molecular weight is 253 g/mol. The summed E-state index contributed by atoms with van der Waals surface area (Å²) in [6.07, 6.45) is 0. The minimum absolute atomic E-state index is 0.115. The van der Waals surface area contributed by atoms with Crippen molar-refractivity contribution in [1.29, 1.82) is 0 Å². The van der Waals surface area contributed by atoms with Gasteiger partial charge in [0.1, 0.15) is 0 Å². The van der Waals surface area contributed by atoms with E-state index < -0.39 is 0 Å². The van der Waals surface area contributed by atoms with E-state index in [1.807, 2.05) is 63.2 Å². The minimum atomic E-state index is 0.115. The van der Waals surface area contributed by atoms with Crippen LogP contribution in [0.5, 0.6) is 0 Å². The van der Waals surface area contributed by atoms with Crippen molar-refractivity contribution in [3.8, 4) is 0 Å². The molecule has 1 N–H and O–H groups in total. The normalized spacial score (nSPS) is 10.3. The molecule has 0 bridgehead atoms. The van der Waals surface area contributed by atoms with Gasteiger partial charge in [0, 0.05) is 11.3 Å². The number of Topliss-reactive ketones (excluding diaryl/α,β-unsaturated/α-hetero) is 1. The lowest BCUT2D eigenvalue weighted by molar-refractivity contribution is 0.101. The maximum Gasteiger partial charge on any atom is 0.181 e. The van der Waals surface area contributed by atoms with Crippen molar-refractivity contribution in [2.24, 2.45) is 0 Å².